The van der Waals surface area contributed by atoms with Gasteiger partial charge in [-0.1, -0.05) is 48.0 Å². The van der Waals surface area contributed by atoms with Crippen LogP contribution in [0.3, 0.4) is 0 Å². The zero-order chi connectivity index (χ0) is 18.3. The lowest BCUT2D eigenvalue weighted by Gasteiger charge is -2.14. The summed E-state index contributed by atoms with van der Waals surface area (Å²) in [6.07, 6.45) is 0.615. The lowest BCUT2D eigenvalue weighted by atomic mass is 10.2. The van der Waals surface area contributed by atoms with E-state index in [9.17, 15) is 18.3 Å². The van der Waals surface area contributed by atoms with Crippen molar-refractivity contribution in [2.24, 2.45) is 0 Å². The smallest absolute Gasteiger partial charge is 0.322 e. The summed E-state index contributed by atoms with van der Waals surface area (Å²) in [6, 6.07) is 15.9. The number of aliphatic carboxylic acids is 1. The summed E-state index contributed by atoms with van der Waals surface area (Å²) in [6.45, 7) is 2.33. The second kappa shape index (κ2) is 8.78. The van der Waals surface area contributed by atoms with Crippen molar-refractivity contribution < 1.29 is 23.1 Å². The molecule has 5 nitrogen and oxygen atoms in total. The van der Waals surface area contributed by atoms with Crippen molar-refractivity contribution in [2.45, 2.75) is 29.9 Å². The van der Waals surface area contributed by atoms with E-state index in [1.165, 1.54) is 12.1 Å². The van der Waals surface area contributed by atoms with Crippen LogP contribution in [0.2, 0.25) is 0 Å². The molecular weight excluding hydrogens is 340 g/mol. The molecule has 0 spiro atoms. The fraction of sp³-hybridized carbons (Fsp3) is 0.316. The number of carboxylic acid groups (broad SMARTS) is 1. The number of ether oxygens (including phenoxy) is 1. The van der Waals surface area contributed by atoms with E-state index < -0.39 is 21.1 Å². The number of benzene rings is 2. The molecule has 0 radical (unpaired) electrons. The van der Waals surface area contributed by atoms with Crippen molar-refractivity contribution in [1.82, 2.24) is 0 Å². The summed E-state index contributed by atoms with van der Waals surface area (Å²) in [5.74, 6) is -1.35. The van der Waals surface area contributed by atoms with Crippen LogP contribution >= 0.6 is 0 Å². The highest BCUT2D eigenvalue weighted by Gasteiger charge is 2.33. The molecule has 1 atom stereocenters. The molecule has 134 valence electrons. The first-order valence-corrected chi connectivity index (χ1v) is 9.61. The number of hydrogen-bond acceptors (Lipinski definition) is 4. The maximum atomic E-state index is 12.5. The predicted molar refractivity (Wildman–Crippen MR) is 95.4 cm³/mol. The summed E-state index contributed by atoms with van der Waals surface area (Å²) in [5.41, 5.74) is 2.03. The van der Waals surface area contributed by atoms with Crippen molar-refractivity contribution in [2.75, 3.05) is 13.2 Å². The molecule has 1 N–H and O–H groups in total. The molecule has 0 heterocycles. The molecule has 0 saturated carbocycles. The van der Waals surface area contributed by atoms with Gasteiger partial charge < -0.3 is 9.84 Å². The van der Waals surface area contributed by atoms with Gasteiger partial charge in [-0.3, -0.25) is 4.79 Å². The van der Waals surface area contributed by atoms with Gasteiger partial charge in [-0.25, -0.2) is 8.42 Å². The van der Waals surface area contributed by atoms with Crippen LogP contribution in [0.25, 0.3) is 0 Å². The number of rotatable bonds is 9. The number of carbonyl (C=O) groups is 1. The standard InChI is InChI=1S/C19H22O5S/c1-15-7-9-17(10-8-15)25(22,23)18(19(20)21)12-14-24-13-11-16-5-3-2-4-6-16/h2-10,18H,11-14H2,1H3,(H,20,21). The van der Waals surface area contributed by atoms with Crippen LogP contribution < -0.4 is 0 Å². The van der Waals surface area contributed by atoms with Gasteiger partial charge in [0.2, 0.25) is 0 Å². The third-order valence-corrected chi connectivity index (χ3v) is 6.02. The minimum Gasteiger partial charge on any atom is -0.480 e. The summed E-state index contributed by atoms with van der Waals surface area (Å²) in [5, 5.41) is 7.82. The Morgan fingerprint density at radius 2 is 1.68 bits per heavy atom. The van der Waals surface area contributed by atoms with E-state index in [1.807, 2.05) is 37.3 Å². The quantitative estimate of drug-likeness (QED) is 0.694. The van der Waals surface area contributed by atoms with Gasteiger partial charge in [0.25, 0.3) is 0 Å². The average molecular weight is 362 g/mol. The Kier molecular flexibility index (Phi) is 6.73. The van der Waals surface area contributed by atoms with Crippen LogP contribution in [0.15, 0.2) is 59.5 Å². The molecule has 0 aliphatic heterocycles. The Morgan fingerprint density at radius 1 is 1.04 bits per heavy atom. The first-order chi connectivity index (χ1) is 11.9. The fourth-order valence-electron chi connectivity index (χ4n) is 2.43. The SMILES string of the molecule is Cc1ccc(S(=O)(=O)C(CCOCCc2ccccc2)C(=O)O)cc1. The largest absolute Gasteiger partial charge is 0.480 e. The van der Waals surface area contributed by atoms with E-state index in [1.54, 1.807) is 12.1 Å². The maximum absolute atomic E-state index is 12.5. The summed E-state index contributed by atoms with van der Waals surface area (Å²) < 4.78 is 30.5. The molecule has 2 aromatic rings. The first-order valence-electron chi connectivity index (χ1n) is 8.06. The highest BCUT2D eigenvalue weighted by molar-refractivity contribution is 7.92. The topological polar surface area (TPSA) is 80.7 Å². The molecule has 0 saturated heterocycles. The number of sulfone groups is 1. The number of hydrogen-bond donors (Lipinski definition) is 1. The molecule has 0 aliphatic carbocycles. The molecule has 0 aromatic heterocycles. The van der Waals surface area contributed by atoms with Gasteiger partial charge in [0.15, 0.2) is 15.1 Å². The Bertz CT molecular complexity index is 782. The molecule has 0 aliphatic rings. The number of carboxylic acids is 1. The van der Waals surface area contributed by atoms with Crippen LogP contribution in [-0.4, -0.2) is 38.0 Å². The Balaban J connectivity index is 1.92. The van der Waals surface area contributed by atoms with Gasteiger partial charge in [0, 0.05) is 6.61 Å². The Morgan fingerprint density at radius 3 is 2.28 bits per heavy atom. The number of aryl methyl sites for hydroxylation is 1. The third kappa shape index (κ3) is 5.41. The predicted octanol–water partition coefficient (Wildman–Crippen LogP) is 2.87. The molecule has 0 bridgehead atoms. The van der Waals surface area contributed by atoms with Crippen molar-refractivity contribution in [3.8, 4) is 0 Å². The van der Waals surface area contributed by atoms with Crippen LogP contribution in [0, 0.1) is 6.92 Å². The van der Waals surface area contributed by atoms with Gasteiger partial charge in [-0.15, -0.1) is 0 Å². The third-order valence-electron chi connectivity index (χ3n) is 3.90. The second-order valence-corrected chi connectivity index (χ2v) is 7.95. The van der Waals surface area contributed by atoms with E-state index in [0.29, 0.717) is 13.0 Å². The zero-order valence-electron chi connectivity index (χ0n) is 14.1. The van der Waals surface area contributed by atoms with E-state index >= 15 is 0 Å². The molecule has 2 rings (SSSR count). The Labute approximate surface area is 148 Å². The van der Waals surface area contributed by atoms with Crippen molar-refractivity contribution in [3.63, 3.8) is 0 Å². The van der Waals surface area contributed by atoms with Crippen LogP contribution in [0.4, 0.5) is 0 Å². The van der Waals surface area contributed by atoms with Gasteiger partial charge >= 0.3 is 5.97 Å². The van der Waals surface area contributed by atoms with Gasteiger partial charge in [0.1, 0.15) is 0 Å². The molecule has 6 heteroatoms. The van der Waals surface area contributed by atoms with Crippen molar-refractivity contribution in [3.05, 3.63) is 65.7 Å². The van der Waals surface area contributed by atoms with Gasteiger partial charge in [-0.2, -0.15) is 0 Å². The second-order valence-electron chi connectivity index (χ2n) is 5.82. The Hall–Kier alpha value is -2.18. The molecule has 0 fully saturated rings. The minimum absolute atomic E-state index is 0.0229. The highest BCUT2D eigenvalue weighted by Crippen LogP contribution is 2.19. The van der Waals surface area contributed by atoms with Crippen molar-refractivity contribution in [1.29, 1.82) is 0 Å². The van der Waals surface area contributed by atoms with Gasteiger partial charge in [0.05, 0.1) is 11.5 Å². The van der Waals surface area contributed by atoms with Crippen molar-refractivity contribution >= 4 is 15.8 Å². The van der Waals surface area contributed by atoms with Crippen LogP contribution in [-0.2, 0) is 25.8 Å². The molecule has 0 amide bonds. The van der Waals surface area contributed by atoms with E-state index in [4.69, 9.17) is 4.74 Å². The summed E-state index contributed by atoms with van der Waals surface area (Å²) in [7, 11) is -3.94. The highest BCUT2D eigenvalue weighted by atomic mass is 32.2. The normalized spacial score (nSPS) is 12.7. The van der Waals surface area contributed by atoms with E-state index in [-0.39, 0.29) is 17.9 Å². The molecule has 25 heavy (non-hydrogen) atoms. The first kappa shape index (κ1) is 19.1. The molecular formula is C19H22O5S. The molecule has 1 unspecified atom stereocenters. The summed E-state index contributed by atoms with van der Waals surface area (Å²) >= 11 is 0. The van der Waals surface area contributed by atoms with E-state index in [0.717, 1.165) is 11.1 Å². The van der Waals surface area contributed by atoms with Gasteiger partial charge in [-0.05, 0) is 37.5 Å². The van der Waals surface area contributed by atoms with Crippen LogP contribution in [0.5, 0.6) is 0 Å². The zero-order valence-corrected chi connectivity index (χ0v) is 14.9. The maximum Gasteiger partial charge on any atom is 0.322 e. The van der Waals surface area contributed by atoms with E-state index in [2.05, 4.69) is 0 Å². The minimum atomic E-state index is -3.94. The lowest BCUT2D eigenvalue weighted by molar-refractivity contribution is -0.136. The summed E-state index contributed by atoms with van der Waals surface area (Å²) in [4.78, 5) is 11.5. The fourth-order valence-corrected chi connectivity index (χ4v) is 3.95. The average Bonchev–Trinajstić information content (AvgIpc) is 2.58. The molecule has 2 aromatic carbocycles. The monoisotopic (exact) mass is 362 g/mol. The lowest BCUT2D eigenvalue weighted by Crippen LogP contribution is -2.31. The van der Waals surface area contributed by atoms with Crippen LogP contribution in [0.1, 0.15) is 17.5 Å².